The Morgan fingerprint density at radius 1 is 1.53 bits per heavy atom. The highest BCUT2D eigenvalue weighted by Gasteiger charge is 2.30. The third-order valence-corrected chi connectivity index (χ3v) is 2.81. The molecule has 1 heterocycles. The zero-order valence-corrected chi connectivity index (χ0v) is 10.8. The number of nitrogens with zero attached hydrogens (tertiary/aromatic N) is 1. The van der Waals surface area contributed by atoms with E-state index < -0.39 is 5.60 Å². The van der Waals surface area contributed by atoms with E-state index in [1.54, 1.807) is 4.90 Å². The molecule has 1 fully saturated rings. The first-order valence-electron chi connectivity index (χ1n) is 4.94. The van der Waals surface area contributed by atoms with E-state index in [0.717, 1.165) is 0 Å². The quantitative estimate of drug-likeness (QED) is 0.636. The van der Waals surface area contributed by atoms with Gasteiger partial charge in [0.15, 0.2) is 0 Å². The molecule has 1 aliphatic heterocycles. The largest absolute Gasteiger partial charge is 0.444 e. The lowest BCUT2D eigenvalue weighted by Gasteiger charge is -2.31. The fourth-order valence-corrected chi connectivity index (χ4v) is 1.86. The first-order chi connectivity index (χ1) is 6.79. The van der Waals surface area contributed by atoms with Crippen LogP contribution in [0.3, 0.4) is 0 Å². The molecule has 5 heteroatoms. The Balaban J connectivity index is 2.51. The van der Waals surface area contributed by atoms with Crippen LogP contribution in [0.2, 0.25) is 0 Å². The highest BCUT2D eigenvalue weighted by atomic mass is 79.9. The molecule has 86 valence electrons. The van der Waals surface area contributed by atoms with Gasteiger partial charge < -0.3 is 9.64 Å². The Hall–Kier alpha value is -0.580. The SMILES string of the molecule is CC(C)(C)OC(=O)N1CCC(=O)[C@H](Br)C1. The van der Waals surface area contributed by atoms with Gasteiger partial charge in [-0.15, -0.1) is 0 Å². The van der Waals surface area contributed by atoms with E-state index in [1.807, 2.05) is 20.8 Å². The Morgan fingerprint density at radius 3 is 2.60 bits per heavy atom. The number of carbonyl (C=O) groups is 2. The van der Waals surface area contributed by atoms with Crippen molar-refractivity contribution >= 4 is 27.8 Å². The molecule has 0 bridgehead atoms. The number of likely N-dealkylation sites (tertiary alicyclic amines) is 1. The van der Waals surface area contributed by atoms with Gasteiger partial charge in [-0.1, -0.05) is 15.9 Å². The number of rotatable bonds is 0. The van der Waals surface area contributed by atoms with E-state index in [2.05, 4.69) is 15.9 Å². The molecular formula is C10H16BrNO3. The van der Waals surface area contributed by atoms with E-state index in [4.69, 9.17) is 4.74 Å². The molecular weight excluding hydrogens is 262 g/mol. The summed E-state index contributed by atoms with van der Waals surface area (Å²) < 4.78 is 5.22. The number of alkyl halides is 1. The summed E-state index contributed by atoms with van der Waals surface area (Å²) in [7, 11) is 0. The van der Waals surface area contributed by atoms with Crippen molar-refractivity contribution in [2.45, 2.75) is 37.6 Å². The fraction of sp³-hybridized carbons (Fsp3) is 0.800. The van der Waals surface area contributed by atoms with Crippen LogP contribution >= 0.6 is 15.9 Å². The van der Waals surface area contributed by atoms with Crippen LogP contribution in [0.25, 0.3) is 0 Å². The number of amides is 1. The average molecular weight is 278 g/mol. The standard InChI is InChI=1S/C10H16BrNO3/c1-10(2,3)15-9(14)12-5-4-8(13)7(11)6-12/h7H,4-6H2,1-3H3/t7-/m1/s1. The minimum Gasteiger partial charge on any atom is -0.444 e. The van der Waals surface area contributed by atoms with Crippen LogP contribution < -0.4 is 0 Å². The lowest BCUT2D eigenvalue weighted by atomic mass is 10.1. The molecule has 0 aromatic heterocycles. The maximum Gasteiger partial charge on any atom is 0.410 e. The number of hydrogen-bond acceptors (Lipinski definition) is 3. The van der Waals surface area contributed by atoms with E-state index in [9.17, 15) is 9.59 Å². The molecule has 1 aliphatic rings. The van der Waals surface area contributed by atoms with Crippen LogP contribution in [0, 0.1) is 0 Å². The minimum atomic E-state index is -0.486. The molecule has 15 heavy (non-hydrogen) atoms. The van der Waals surface area contributed by atoms with Crippen molar-refractivity contribution in [2.24, 2.45) is 0 Å². The minimum absolute atomic E-state index is 0.148. The second kappa shape index (κ2) is 4.51. The third kappa shape index (κ3) is 3.81. The first-order valence-corrected chi connectivity index (χ1v) is 5.86. The smallest absolute Gasteiger partial charge is 0.410 e. The average Bonchev–Trinajstić information content (AvgIpc) is 2.06. The van der Waals surface area contributed by atoms with Gasteiger partial charge in [0.25, 0.3) is 0 Å². The lowest BCUT2D eigenvalue weighted by Crippen LogP contribution is -2.46. The summed E-state index contributed by atoms with van der Waals surface area (Å²) in [4.78, 5) is 24.2. The summed E-state index contributed by atoms with van der Waals surface area (Å²) in [5.74, 6) is 0.148. The second-order valence-corrected chi connectivity index (χ2v) is 5.72. The topological polar surface area (TPSA) is 46.6 Å². The van der Waals surface area contributed by atoms with Gasteiger partial charge in [0.2, 0.25) is 0 Å². The fourth-order valence-electron chi connectivity index (χ4n) is 1.28. The molecule has 0 radical (unpaired) electrons. The number of ether oxygens (including phenoxy) is 1. The number of piperidine rings is 1. The number of carbonyl (C=O) groups excluding carboxylic acids is 2. The van der Waals surface area contributed by atoms with Gasteiger partial charge in [-0.05, 0) is 20.8 Å². The predicted octanol–water partition coefficient (Wildman–Crippen LogP) is 1.96. The van der Waals surface area contributed by atoms with Crippen LogP contribution in [0.5, 0.6) is 0 Å². The molecule has 1 amide bonds. The van der Waals surface area contributed by atoms with Crippen LogP contribution in [0.1, 0.15) is 27.2 Å². The Kier molecular flexibility index (Phi) is 3.76. The molecule has 0 N–H and O–H groups in total. The van der Waals surface area contributed by atoms with Crippen molar-refractivity contribution in [1.82, 2.24) is 4.90 Å². The van der Waals surface area contributed by atoms with Crippen molar-refractivity contribution in [2.75, 3.05) is 13.1 Å². The van der Waals surface area contributed by atoms with Gasteiger partial charge in [-0.3, -0.25) is 4.79 Å². The normalized spacial score (nSPS) is 22.8. The van der Waals surface area contributed by atoms with Crippen molar-refractivity contribution in [1.29, 1.82) is 0 Å². The molecule has 0 aromatic carbocycles. The van der Waals surface area contributed by atoms with E-state index in [0.29, 0.717) is 19.5 Å². The monoisotopic (exact) mass is 277 g/mol. The number of Topliss-reactive ketones (excluding diaryl/α,β-unsaturated/α-hetero) is 1. The summed E-state index contributed by atoms with van der Waals surface area (Å²) >= 11 is 3.24. The molecule has 0 saturated carbocycles. The number of halogens is 1. The van der Waals surface area contributed by atoms with Gasteiger partial charge in [0.1, 0.15) is 11.4 Å². The zero-order chi connectivity index (χ0) is 11.6. The maximum atomic E-state index is 11.6. The summed E-state index contributed by atoms with van der Waals surface area (Å²) in [5, 5.41) is 0. The molecule has 1 rings (SSSR count). The zero-order valence-electron chi connectivity index (χ0n) is 9.25. The van der Waals surface area contributed by atoms with Crippen LogP contribution in [-0.2, 0) is 9.53 Å². The molecule has 0 aromatic rings. The second-order valence-electron chi connectivity index (χ2n) is 4.61. The van der Waals surface area contributed by atoms with Gasteiger partial charge in [-0.2, -0.15) is 0 Å². The first kappa shape index (κ1) is 12.5. The van der Waals surface area contributed by atoms with Gasteiger partial charge in [-0.25, -0.2) is 4.79 Å². The van der Waals surface area contributed by atoms with Crippen LogP contribution in [-0.4, -0.2) is 40.3 Å². The summed E-state index contributed by atoms with van der Waals surface area (Å²) in [6, 6.07) is 0. The lowest BCUT2D eigenvalue weighted by molar-refractivity contribution is -0.120. The van der Waals surface area contributed by atoms with Gasteiger partial charge >= 0.3 is 6.09 Å². The maximum absolute atomic E-state index is 11.6. The van der Waals surface area contributed by atoms with Crippen molar-refractivity contribution in [3.05, 3.63) is 0 Å². The van der Waals surface area contributed by atoms with E-state index >= 15 is 0 Å². The molecule has 0 aliphatic carbocycles. The van der Waals surface area contributed by atoms with Gasteiger partial charge in [0, 0.05) is 19.5 Å². The van der Waals surface area contributed by atoms with Crippen molar-refractivity contribution < 1.29 is 14.3 Å². The molecule has 1 saturated heterocycles. The van der Waals surface area contributed by atoms with Crippen LogP contribution in [0.15, 0.2) is 0 Å². The molecule has 0 unspecified atom stereocenters. The Morgan fingerprint density at radius 2 is 2.13 bits per heavy atom. The summed E-state index contributed by atoms with van der Waals surface area (Å²) in [6.07, 6.45) is 0.0502. The van der Waals surface area contributed by atoms with Crippen molar-refractivity contribution in [3.8, 4) is 0 Å². The van der Waals surface area contributed by atoms with E-state index in [-0.39, 0.29) is 16.7 Å². The summed E-state index contributed by atoms with van der Waals surface area (Å²) in [5.41, 5.74) is -0.486. The van der Waals surface area contributed by atoms with Crippen LogP contribution in [0.4, 0.5) is 4.79 Å². The van der Waals surface area contributed by atoms with E-state index in [1.165, 1.54) is 0 Å². The Bertz CT molecular complexity index is 272. The molecule has 1 atom stereocenters. The predicted molar refractivity (Wildman–Crippen MR) is 60.1 cm³/mol. The Labute approximate surface area is 98.1 Å². The number of ketones is 1. The number of hydrogen-bond donors (Lipinski definition) is 0. The third-order valence-electron chi connectivity index (χ3n) is 2.01. The summed E-state index contributed by atoms with van der Waals surface area (Å²) in [6.45, 7) is 6.33. The highest BCUT2D eigenvalue weighted by Crippen LogP contribution is 2.17. The molecule has 4 nitrogen and oxygen atoms in total. The van der Waals surface area contributed by atoms with Crippen molar-refractivity contribution in [3.63, 3.8) is 0 Å². The van der Waals surface area contributed by atoms with Gasteiger partial charge in [0.05, 0.1) is 4.83 Å². The highest BCUT2D eigenvalue weighted by molar-refractivity contribution is 9.10. The molecule has 0 spiro atoms.